The van der Waals surface area contributed by atoms with Crippen LogP contribution in [0.3, 0.4) is 0 Å². The zero-order chi connectivity index (χ0) is 10.9. The summed E-state index contributed by atoms with van der Waals surface area (Å²) in [6.07, 6.45) is 0.288. The summed E-state index contributed by atoms with van der Waals surface area (Å²) in [7, 11) is 0. The number of aromatic nitrogens is 1. The smallest absolute Gasteiger partial charge is 0.303 e. The van der Waals surface area contributed by atoms with Crippen molar-refractivity contribution in [3.8, 4) is 0 Å². The van der Waals surface area contributed by atoms with Crippen LogP contribution in [0.25, 0.3) is 0 Å². The fraction of sp³-hybridized carbons (Fsp3) is 0.625. The Labute approximate surface area is 101 Å². The molecule has 14 heavy (non-hydrogen) atoms. The van der Waals surface area contributed by atoms with Crippen LogP contribution in [-0.4, -0.2) is 8.36 Å². The lowest BCUT2D eigenvalue weighted by Crippen LogP contribution is -2.13. The number of thiazole rings is 1. The quantitative estimate of drug-likeness (QED) is 0.759. The Kier molecular flexibility index (Phi) is 3.92. The molecule has 80 valence electrons. The summed E-state index contributed by atoms with van der Waals surface area (Å²) >= 11 is 18.2. The van der Waals surface area contributed by atoms with E-state index in [2.05, 4.69) is 0 Å². The molecule has 0 amide bonds. The molecule has 0 aliphatic heterocycles. The molecular formula is C8H10Cl3NOS. The van der Waals surface area contributed by atoms with E-state index in [4.69, 9.17) is 34.8 Å². The second kappa shape index (κ2) is 4.44. The summed E-state index contributed by atoms with van der Waals surface area (Å²) in [5.41, 5.74) is 0.897. The van der Waals surface area contributed by atoms with Crippen LogP contribution in [0.1, 0.15) is 17.5 Å². The van der Waals surface area contributed by atoms with Crippen LogP contribution in [0.2, 0.25) is 0 Å². The molecule has 6 heteroatoms. The lowest BCUT2D eigenvalue weighted by atomic mass is 10.3. The van der Waals surface area contributed by atoms with Crippen molar-refractivity contribution in [3.63, 3.8) is 0 Å². The molecule has 0 aliphatic carbocycles. The molecule has 1 rings (SSSR count). The topological polar surface area (TPSA) is 22.0 Å². The summed E-state index contributed by atoms with van der Waals surface area (Å²) in [5, 5.41) is 0. The van der Waals surface area contributed by atoms with Crippen LogP contribution >= 0.6 is 46.1 Å². The third-order valence-electron chi connectivity index (χ3n) is 1.92. The highest BCUT2D eigenvalue weighted by atomic mass is 35.6. The largest absolute Gasteiger partial charge is 0.307 e. The highest BCUT2D eigenvalue weighted by Gasteiger charge is 2.23. The molecule has 1 heterocycles. The molecule has 1 aromatic heterocycles. The molecule has 0 N–H and O–H groups in total. The van der Waals surface area contributed by atoms with E-state index in [9.17, 15) is 4.79 Å². The predicted octanol–water partition coefficient (Wildman–Crippen LogP) is 3.15. The number of halogens is 3. The summed E-state index contributed by atoms with van der Waals surface area (Å²) < 4.78 is 0.351. The average Bonchev–Trinajstić information content (AvgIpc) is 2.24. The van der Waals surface area contributed by atoms with Gasteiger partial charge in [-0.1, -0.05) is 46.1 Å². The van der Waals surface area contributed by atoms with Gasteiger partial charge in [-0.3, -0.25) is 4.79 Å². The van der Waals surface area contributed by atoms with Crippen LogP contribution < -0.4 is 4.87 Å². The Morgan fingerprint density at radius 2 is 2.00 bits per heavy atom. The van der Waals surface area contributed by atoms with Gasteiger partial charge in [0.25, 0.3) is 0 Å². The van der Waals surface area contributed by atoms with E-state index in [1.807, 2.05) is 13.8 Å². The third-order valence-corrected chi connectivity index (χ3v) is 3.40. The summed E-state index contributed by atoms with van der Waals surface area (Å²) in [5.74, 6) is 0. The predicted molar refractivity (Wildman–Crippen MR) is 63.0 cm³/mol. The molecule has 0 radical (unpaired) electrons. The zero-order valence-corrected chi connectivity index (χ0v) is 10.9. The van der Waals surface area contributed by atoms with Gasteiger partial charge < -0.3 is 4.57 Å². The van der Waals surface area contributed by atoms with Gasteiger partial charge in [-0.15, -0.1) is 0 Å². The van der Waals surface area contributed by atoms with Gasteiger partial charge in [-0.2, -0.15) is 0 Å². The van der Waals surface area contributed by atoms with Gasteiger partial charge in [0.1, 0.15) is 0 Å². The standard InChI is InChI=1S/C8H10Cl3NOS/c1-3-12-5(2)6(14-7(12)13)4-8(9,10)11/h3-4H2,1-2H3. The molecule has 0 atom stereocenters. The van der Waals surface area contributed by atoms with Gasteiger partial charge in [0.2, 0.25) is 0 Å². The molecule has 0 aliphatic rings. The normalized spacial score (nSPS) is 12.1. The van der Waals surface area contributed by atoms with Gasteiger partial charge in [-0.05, 0) is 13.8 Å². The second-order valence-electron chi connectivity index (χ2n) is 2.91. The van der Waals surface area contributed by atoms with Crippen molar-refractivity contribution >= 4 is 46.1 Å². The third kappa shape index (κ3) is 2.89. The van der Waals surface area contributed by atoms with Gasteiger partial charge in [-0.25, -0.2) is 0 Å². The first-order chi connectivity index (χ1) is 6.35. The summed E-state index contributed by atoms with van der Waals surface area (Å²) in [6.45, 7) is 4.44. The second-order valence-corrected chi connectivity index (χ2v) is 6.48. The number of rotatable bonds is 2. The van der Waals surface area contributed by atoms with E-state index >= 15 is 0 Å². The summed E-state index contributed by atoms with van der Waals surface area (Å²) in [6, 6.07) is 0. The minimum Gasteiger partial charge on any atom is -0.303 e. The fourth-order valence-electron chi connectivity index (χ4n) is 1.23. The SMILES string of the molecule is CCn1c(C)c(CC(Cl)(Cl)Cl)sc1=O. The van der Waals surface area contributed by atoms with Gasteiger partial charge >= 0.3 is 4.87 Å². The van der Waals surface area contributed by atoms with Crippen LogP contribution in [0, 0.1) is 6.92 Å². The molecule has 0 unspecified atom stereocenters. The van der Waals surface area contributed by atoms with E-state index in [1.54, 1.807) is 4.57 Å². The molecule has 0 fully saturated rings. The van der Waals surface area contributed by atoms with Gasteiger partial charge in [0.05, 0.1) is 0 Å². The lowest BCUT2D eigenvalue weighted by Gasteiger charge is -2.09. The highest BCUT2D eigenvalue weighted by molar-refractivity contribution is 7.09. The fourth-order valence-corrected chi connectivity index (χ4v) is 3.01. The minimum absolute atomic E-state index is 0.00856. The van der Waals surface area contributed by atoms with E-state index in [-0.39, 0.29) is 11.3 Å². The molecule has 0 saturated heterocycles. The zero-order valence-electron chi connectivity index (χ0n) is 7.81. The van der Waals surface area contributed by atoms with E-state index < -0.39 is 3.79 Å². The van der Waals surface area contributed by atoms with Crippen molar-refractivity contribution in [1.29, 1.82) is 0 Å². The Hall–Kier alpha value is 0.300. The molecule has 1 aromatic rings. The first-order valence-electron chi connectivity index (χ1n) is 4.11. The minimum atomic E-state index is -1.33. The Morgan fingerprint density at radius 1 is 1.43 bits per heavy atom. The number of hydrogen-bond donors (Lipinski definition) is 0. The molecule has 0 bridgehead atoms. The van der Waals surface area contributed by atoms with Crippen molar-refractivity contribution in [2.24, 2.45) is 0 Å². The highest BCUT2D eigenvalue weighted by Crippen LogP contribution is 2.32. The van der Waals surface area contributed by atoms with Crippen molar-refractivity contribution in [2.75, 3.05) is 0 Å². The maximum atomic E-state index is 11.4. The van der Waals surface area contributed by atoms with E-state index in [1.165, 1.54) is 0 Å². The van der Waals surface area contributed by atoms with Crippen molar-refractivity contribution in [2.45, 2.75) is 30.6 Å². The molecule has 0 spiro atoms. The first kappa shape index (κ1) is 12.4. The maximum absolute atomic E-state index is 11.4. The van der Waals surface area contributed by atoms with Crippen LogP contribution in [0.15, 0.2) is 4.79 Å². The Morgan fingerprint density at radius 3 is 2.36 bits per heavy atom. The number of nitrogens with zero attached hydrogens (tertiary/aromatic N) is 1. The number of alkyl halides is 3. The van der Waals surface area contributed by atoms with Crippen molar-refractivity contribution in [1.82, 2.24) is 4.57 Å². The van der Waals surface area contributed by atoms with Crippen molar-refractivity contribution < 1.29 is 0 Å². The van der Waals surface area contributed by atoms with Gasteiger partial charge in [0, 0.05) is 23.5 Å². The molecule has 0 aromatic carbocycles. The van der Waals surface area contributed by atoms with E-state index in [0.717, 1.165) is 21.9 Å². The Bertz CT molecular complexity index is 377. The maximum Gasteiger partial charge on any atom is 0.307 e. The van der Waals surface area contributed by atoms with Crippen LogP contribution in [0.4, 0.5) is 0 Å². The van der Waals surface area contributed by atoms with E-state index in [0.29, 0.717) is 6.54 Å². The van der Waals surface area contributed by atoms with Gasteiger partial charge in [0.15, 0.2) is 3.79 Å². The lowest BCUT2D eigenvalue weighted by molar-refractivity contribution is 0.716. The van der Waals surface area contributed by atoms with Crippen molar-refractivity contribution in [3.05, 3.63) is 20.2 Å². The molecular weight excluding hydrogens is 265 g/mol. The Balaban J connectivity index is 3.06. The monoisotopic (exact) mass is 273 g/mol. The van der Waals surface area contributed by atoms with Crippen LogP contribution in [-0.2, 0) is 13.0 Å². The average molecular weight is 275 g/mol. The van der Waals surface area contributed by atoms with Crippen LogP contribution in [0.5, 0.6) is 0 Å². The summed E-state index contributed by atoms with van der Waals surface area (Å²) in [4.78, 5) is 12.3. The number of hydrogen-bond acceptors (Lipinski definition) is 2. The molecule has 2 nitrogen and oxygen atoms in total. The first-order valence-corrected chi connectivity index (χ1v) is 6.06. The molecule has 0 saturated carbocycles.